The number of likely N-dealkylation sites (tertiary alicyclic amines) is 2. The number of nitrogens with zero attached hydrogens (tertiary/aromatic N) is 4. The van der Waals surface area contributed by atoms with Crippen LogP contribution >= 0.6 is 0 Å². The largest absolute Gasteiger partial charge is 0.444 e. The number of alkyl carbamates (subject to hydrolysis) is 1. The zero-order valence-corrected chi connectivity index (χ0v) is 26.6. The number of carbonyl (C=O) groups excluding carboxylic acids is 3. The monoisotopic (exact) mass is 616 g/mol. The summed E-state index contributed by atoms with van der Waals surface area (Å²) in [7, 11) is 0. The quantitative estimate of drug-likeness (QED) is 0.362. The summed E-state index contributed by atoms with van der Waals surface area (Å²) in [6, 6.07) is 14.9. The average molecular weight is 617 g/mol. The van der Waals surface area contributed by atoms with E-state index in [4.69, 9.17) is 4.74 Å². The van der Waals surface area contributed by atoms with Crippen LogP contribution in [0.2, 0.25) is 0 Å². The van der Waals surface area contributed by atoms with Gasteiger partial charge in [-0.2, -0.15) is 0 Å². The van der Waals surface area contributed by atoms with Crippen LogP contribution in [0.15, 0.2) is 61.1 Å². The highest BCUT2D eigenvalue weighted by Crippen LogP contribution is 2.27. The summed E-state index contributed by atoms with van der Waals surface area (Å²) in [5, 5.41) is 17.3. The Kier molecular flexibility index (Phi) is 9.59. The van der Waals surface area contributed by atoms with Gasteiger partial charge < -0.3 is 29.9 Å². The van der Waals surface area contributed by atoms with Crippen LogP contribution in [0.1, 0.15) is 68.1 Å². The number of hydrogen-bond donors (Lipinski definition) is 3. The maximum absolute atomic E-state index is 13.5. The third-order valence-electron chi connectivity index (χ3n) is 8.20. The van der Waals surface area contributed by atoms with Gasteiger partial charge in [0.05, 0.1) is 12.0 Å². The molecule has 0 unspecified atom stereocenters. The number of nitrogens with one attached hydrogen (secondary N) is 2. The average Bonchev–Trinajstić information content (AvgIpc) is 3.43. The molecular weight excluding hydrogens is 572 g/mol. The number of aryl methyl sites for hydroxylation is 1. The number of anilines is 1. The third kappa shape index (κ3) is 8.49. The number of amides is 3. The molecule has 3 aromatic rings. The molecule has 11 heteroatoms. The molecule has 0 spiro atoms. The van der Waals surface area contributed by atoms with E-state index < -0.39 is 23.2 Å². The number of aliphatic hydroxyl groups is 1. The first kappa shape index (κ1) is 32.2. The van der Waals surface area contributed by atoms with E-state index in [0.29, 0.717) is 24.3 Å². The highest BCUT2D eigenvalue weighted by Gasteiger charge is 2.40. The second kappa shape index (κ2) is 13.4. The number of hydrogen-bond acceptors (Lipinski definition) is 7. The van der Waals surface area contributed by atoms with Crippen molar-refractivity contribution >= 4 is 23.6 Å². The molecule has 5 rings (SSSR count). The van der Waals surface area contributed by atoms with Gasteiger partial charge in [-0.05, 0) is 83.0 Å². The van der Waals surface area contributed by atoms with Gasteiger partial charge in [-0.1, -0.05) is 18.2 Å². The molecule has 0 radical (unpaired) electrons. The Balaban J connectivity index is 1.27. The minimum Gasteiger partial charge on any atom is -0.444 e. The van der Waals surface area contributed by atoms with Gasteiger partial charge in [-0.3, -0.25) is 14.5 Å². The summed E-state index contributed by atoms with van der Waals surface area (Å²) in [5.74, 6) is -0.592. The van der Waals surface area contributed by atoms with Crippen LogP contribution < -0.4 is 10.6 Å². The van der Waals surface area contributed by atoms with Crippen molar-refractivity contribution < 1.29 is 24.2 Å². The number of aromatic nitrogens is 2. The minimum atomic E-state index is -1.59. The van der Waals surface area contributed by atoms with Crippen LogP contribution in [0.25, 0.3) is 5.69 Å². The van der Waals surface area contributed by atoms with Crippen molar-refractivity contribution in [3.8, 4) is 5.69 Å². The first-order valence-corrected chi connectivity index (χ1v) is 15.6. The molecular formula is C34H44N6O5. The van der Waals surface area contributed by atoms with Crippen molar-refractivity contribution in [3.05, 3.63) is 77.9 Å². The summed E-state index contributed by atoms with van der Waals surface area (Å²) in [6.45, 7) is 10.2. The first-order valence-electron chi connectivity index (χ1n) is 15.6. The number of imidazole rings is 1. The van der Waals surface area contributed by atoms with Gasteiger partial charge in [0.1, 0.15) is 11.2 Å². The van der Waals surface area contributed by atoms with E-state index in [-0.39, 0.29) is 37.9 Å². The molecule has 3 N–H and O–H groups in total. The second-order valence-electron chi connectivity index (χ2n) is 13.2. The number of ether oxygens (including phenoxy) is 1. The van der Waals surface area contributed by atoms with Gasteiger partial charge in [0.2, 0.25) is 0 Å². The Morgan fingerprint density at radius 1 is 1.07 bits per heavy atom. The van der Waals surface area contributed by atoms with E-state index >= 15 is 0 Å². The lowest BCUT2D eigenvalue weighted by atomic mass is 9.90. The molecule has 2 aromatic carbocycles. The van der Waals surface area contributed by atoms with Crippen molar-refractivity contribution in [1.29, 1.82) is 0 Å². The Morgan fingerprint density at radius 2 is 1.80 bits per heavy atom. The number of benzene rings is 2. The van der Waals surface area contributed by atoms with Crippen molar-refractivity contribution in [3.63, 3.8) is 0 Å². The smallest absolute Gasteiger partial charge is 0.407 e. The topological polar surface area (TPSA) is 129 Å². The summed E-state index contributed by atoms with van der Waals surface area (Å²) in [6.07, 6.45) is 5.33. The van der Waals surface area contributed by atoms with Crippen LogP contribution in [-0.4, -0.2) is 85.8 Å². The molecule has 2 fully saturated rings. The number of piperidine rings is 2. The van der Waals surface area contributed by atoms with Gasteiger partial charge in [0.15, 0.2) is 0 Å². The van der Waals surface area contributed by atoms with E-state index in [1.807, 2.05) is 68.8 Å². The number of rotatable bonds is 7. The Hall–Kier alpha value is -4.22. The number of carbonyl (C=O) groups is 3. The molecule has 240 valence electrons. The van der Waals surface area contributed by atoms with Gasteiger partial charge in [-0.25, -0.2) is 9.78 Å². The molecule has 2 saturated heterocycles. The highest BCUT2D eigenvalue weighted by atomic mass is 16.6. The van der Waals surface area contributed by atoms with E-state index in [0.717, 1.165) is 36.3 Å². The van der Waals surface area contributed by atoms with E-state index in [2.05, 4.69) is 26.6 Å². The molecule has 0 bridgehead atoms. The highest BCUT2D eigenvalue weighted by molar-refractivity contribution is 5.98. The molecule has 45 heavy (non-hydrogen) atoms. The van der Waals surface area contributed by atoms with Crippen LogP contribution in [0.5, 0.6) is 0 Å². The van der Waals surface area contributed by atoms with Crippen molar-refractivity contribution in [2.24, 2.45) is 0 Å². The zero-order chi connectivity index (χ0) is 32.2. The maximum atomic E-state index is 13.5. The van der Waals surface area contributed by atoms with Crippen molar-refractivity contribution in [2.75, 3.05) is 31.5 Å². The molecule has 11 nitrogen and oxygen atoms in total. The summed E-state index contributed by atoms with van der Waals surface area (Å²) >= 11 is 0. The SMILES string of the molecule is Cc1cn(-c2cc(CN3CCC[C@H](NC(=O)OC(C)(C)C)C3)cc(NC(=O)C3(O)CCN(C(=O)c4ccccc4)CC3)c2)cn1. The normalized spacial score (nSPS) is 18.7. The van der Waals surface area contributed by atoms with Crippen molar-refractivity contribution in [1.82, 2.24) is 24.7 Å². The van der Waals surface area contributed by atoms with Crippen LogP contribution in [0.4, 0.5) is 10.5 Å². The first-order chi connectivity index (χ1) is 21.4. The molecule has 1 aromatic heterocycles. The molecule has 3 amide bonds. The Bertz CT molecular complexity index is 1510. The molecule has 0 aliphatic carbocycles. The van der Waals surface area contributed by atoms with Gasteiger partial charge in [-0.15, -0.1) is 0 Å². The lowest BCUT2D eigenvalue weighted by Gasteiger charge is -2.37. The van der Waals surface area contributed by atoms with Crippen molar-refractivity contribution in [2.45, 2.75) is 77.2 Å². The summed E-state index contributed by atoms with van der Waals surface area (Å²) < 4.78 is 7.35. The molecule has 2 aliphatic rings. The summed E-state index contributed by atoms with van der Waals surface area (Å²) in [5.41, 5.74) is 1.67. The lowest BCUT2D eigenvalue weighted by molar-refractivity contribution is -0.138. The fraction of sp³-hybridized carbons (Fsp3) is 0.471. The fourth-order valence-corrected chi connectivity index (χ4v) is 5.92. The lowest BCUT2D eigenvalue weighted by Crippen LogP contribution is -2.52. The predicted octanol–water partition coefficient (Wildman–Crippen LogP) is 4.28. The molecule has 0 saturated carbocycles. The predicted molar refractivity (Wildman–Crippen MR) is 171 cm³/mol. The Labute approximate surface area is 264 Å². The minimum absolute atomic E-state index is 0.0267. The van der Waals surface area contributed by atoms with Crippen LogP contribution in [0.3, 0.4) is 0 Å². The second-order valence-corrected chi connectivity index (χ2v) is 13.2. The molecule has 1 atom stereocenters. The standard InChI is InChI=1S/C34H44N6O5/c1-24-20-40(23-35-24)29-18-25(21-38-14-8-11-27(22-38)37-32(43)45-33(2,3)4)17-28(19-29)36-31(42)34(44)12-15-39(16-13-34)30(41)26-9-6-5-7-10-26/h5-7,9-10,17-20,23,27,44H,8,11-16,21-22H2,1-4H3,(H,36,42)(H,37,43)/t27-/m0/s1. The van der Waals surface area contributed by atoms with Crippen LogP contribution in [-0.2, 0) is 16.1 Å². The van der Waals surface area contributed by atoms with Gasteiger partial charge in [0, 0.05) is 68.2 Å². The van der Waals surface area contributed by atoms with E-state index in [1.54, 1.807) is 23.4 Å². The van der Waals surface area contributed by atoms with E-state index in [1.165, 1.54) is 0 Å². The zero-order valence-electron chi connectivity index (χ0n) is 26.6. The molecule has 2 aliphatic heterocycles. The maximum Gasteiger partial charge on any atom is 0.407 e. The Morgan fingerprint density at radius 3 is 2.47 bits per heavy atom. The van der Waals surface area contributed by atoms with E-state index in [9.17, 15) is 19.5 Å². The van der Waals surface area contributed by atoms with Gasteiger partial charge in [0.25, 0.3) is 11.8 Å². The summed E-state index contributed by atoms with van der Waals surface area (Å²) in [4.78, 5) is 47.1. The van der Waals surface area contributed by atoms with Crippen LogP contribution in [0, 0.1) is 6.92 Å². The fourth-order valence-electron chi connectivity index (χ4n) is 5.92. The van der Waals surface area contributed by atoms with Gasteiger partial charge >= 0.3 is 6.09 Å². The third-order valence-corrected chi connectivity index (χ3v) is 8.20. The molecule has 3 heterocycles.